The second kappa shape index (κ2) is 10.1. The maximum absolute atomic E-state index is 11.1. The lowest BCUT2D eigenvalue weighted by Crippen LogP contribution is -2.03. The zero-order valence-corrected chi connectivity index (χ0v) is 19.1. The van der Waals surface area contributed by atoms with Crippen LogP contribution in [0.1, 0.15) is 30.7 Å². The SMILES string of the molecule is COc1ccc(/C=C\C(=O)O)c(OCc2cn(-c3ccc4c(c3)OCO4)nn2)c1CC=C(C)C. The summed E-state index contributed by atoms with van der Waals surface area (Å²) in [5.74, 6) is 1.49. The topological polar surface area (TPSA) is 105 Å². The van der Waals surface area contributed by atoms with Gasteiger partial charge >= 0.3 is 5.97 Å². The zero-order chi connectivity index (χ0) is 24.1. The highest BCUT2D eigenvalue weighted by Gasteiger charge is 2.17. The van der Waals surface area contributed by atoms with E-state index >= 15 is 0 Å². The highest BCUT2D eigenvalue weighted by Crippen LogP contribution is 2.35. The average molecular weight is 463 g/mol. The van der Waals surface area contributed by atoms with E-state index in [-0.39, 0.29) is 13.4 Å². The first-order valence-electron chi connectivity index (χ1n) is 10.6. The summed E-state index contributed by atoms with van der Waals surface area (Å²) < 4.78 is 24.1. The molecule has 0 spiro atoms. The third-order valence-corrected chi connectivity index (χ3v) is 5.11. The van der Waals surface area contributed by atoms with Gasteiger partial charge in [-0.2, -0.15) is 0 Å². The number of hydrogen-bond donors (Lipinski definition) is 1. The Bertz CT molecular complexity index is 1260. The van der Waals surface area contributed by atoms with Crippen molar-refractivity contribution < 1.29 is 28.8 Å². The molecular formula is C25H25N3O6. The number of hydrogen-bond acceptors (Lipinski definition) is 7. The second-order valence-electron chi connectivity index (χ2n) is 7.80. The molecule has 1 aliphatic rings. The summed E-state index contributed by atoms with van der Waals surface area (Å²) in [5.41, 5.74) is 3.97. The first kappa shape index (κ1) is 22.9. The third-order valence-electron chi connectivity index (χ3n) is 5.11. The number of ether oxygens (including phenoxy) is 4. The first-order valence-corrected chi connectivity index (χ1v) is 10.6. The number of aromatic nitrogens is 3. The van der Waals surface area contributed by atoms with Gasteiger partial charge in [-0.1, -0.05) is 16.9 Å². The molecule has 34 heavy (non-hydrogen) atoms. The molecule has 4 rings (SSSR count). The molecule has 9 nitrogen and oxygen atoms in total. The van der Waals surface area contributed by atoms with Gasteiger partial charge in [0, 0.05) is 23.3 Å². The van der Waals surface area contributed by atoms with E-state index in [2.05, 4.69) is 16.4 Å². The van der Waals surface area contributed by atoms with Crippen LogP contribution in [-0.4, -0.2) is 40.0 Å². The molecule has 0 bridgehead atoms. The van der Waals surface area contributed by atoms with Crippen molar-refractivity contribution in [2.24, 2.45) is 0 Å². The summed E-state index contributed by atoms with van der Waals surface area (Å²) in [7, 11) is 1.59. The minimum Gasteiger partial charge on any atom is -0.496 e. The minimum absolute atomic E-state index is 0.132. The van der Waals surface area contributed by atoms with Gasteiger partial charge in [0.1, 0.15) is 23.8 Å². The number of rotatable bonds is 9. The highest BCUT2D eigenvalue weighted by atomic mass is 16.7. The molecule has 0 unspecified atom stereocenters. The highest BCUT2D eigenvalue weighted by molar-refractivity contribution is 5.86. The average Bonchev–Trinajstić information content (AvgIpc) is 3.49. The van der Waals surface area contributed by atoms with Gasteiger partial charge in [-0.25, -0.2) is 9.48 Å². The van der Waals surface area contributed by atoms with Crippen LogP contribution in [0.2, 0.25) is 0 Å². The molecule has 0 radical (unpaired) electrons. The van der Waals surface area contributed by atoms with E-state index in [4.69, 9.17) is 24.1 Å². The fourth-order valence-corrected chi connectivity index (χ4v) is 3.45. The van der Waals surface area contributed by atoms with Gasteiger partial charge in [0.05, 0.1) is 19.0 Å². The Morgan fingerprint density at radius 1 is 1.21 bits per heavy atom. The number of nitrogens with zero attached hydrogens (tertiary/aromatic N) is 3. The Morgan fingerprint density at radius 2 is 2.03 bits per heavy atom. The number of aliphatic carboxylic acids is 1. The molecule has 0 saturated carbocycles. The Balaban J connectivity index is 1.61. The predicted octanol–water partition coefficient (Wildman–Crippen LogP) is 4.19. The van der Waals surface area contributed by atoms with E-state index in [1.807, 2.05) is 32.0 Å². The number of fused-ring (bicyclic) bond motifs is 1. The predicted molar refractivity (Wildman–Crippen MR) is 125 cm³/mol. The van der Waals surface area contributed by atoms with Crippen LogP contribution in [0.25, 0.3) is 11.8 Å². The standard InChI is InChI=1S/C25H25N3O6/c1-16(2)4-8-20-21(31-3)9-5-17(6-11-24(29)30)25(20)32-14-18-13-28(27-26-18)19-7-10-22-23(12-19)34-15-33-22/h4-7,9-13H,8,14-15H2,1-3H3,(H,29,30)/b11-6-. The summed E-state index contributed by atoms with van der Waals surface area (Å²) in [6.45, 7) is 4.35. The van der Waals surface area contributed by atoms with Crippen LogP contribution < -0.4 is 18.9 Å². The fourth-order valence-electron chi connectivity index (χ4n) is 3.45. The molecule has 176 valence electrons. The van der Waals surface area contributed by atoms with E-state index in [1.54, 1.807) is 30.1 Å². The summed E-state index contributed by atoms with van der Waals surface area (Å²) in [6.07, 6.45) is 6.98. The molecule has 1 aliphatic heterocycles. The molecule has 1 aromatic heterocycles. The summed E-state index contributed by atoms with van der Waals surface area (Å²) in [5, 5.41) is 17.5. The largest absolute Gasteiger partial charge is 0.496 e. The van der Waals surface area contributed by atoms with Gasteiger partial charge in [0.25, 0.3) is 0 Å². The molecule has 2 aromatic carbocycles. The van der Waals surface area contributed by atoms with Crippen LogP contribution in [-0.2, 0) is 17.8 Å². The lowest BCUT2D eigenvalue weighted by Gasteiger charge is -2.16. The molecule has 0 atom stereocenters. The Kier molecular flexibility index (Phi) is 6.82. The van der Waals surface area contributed by atoms with Crippen molar-refractivity contribution in [2.45, 2.75) is 26.9 Å². The first-order chi connectivity index (χ1) is 16.4. The molecule has 9 heteroatoms. The minimum atomic E-state index is -1.04. The van der Waals surface area contributed by atoms with Crippen LogP contribution in [0.3, 0.4) is 0 Å². The van der Waals surface area contributed by atoms with E-state index in [9.17, 15) is 4.79 Å². The lowest BCUT2D eigenvalue weighted by atomic mass is 10.0. The Labute approximate surface area is 196 Å². The monoisotopic (exact) mass is 463 g/mol. The van der Waals surface area contributed by atoms with Gasteiger partial charge in [-0.05, 0) is 50.6 Å². The van der Waals surface area contributed by atoms with Crippen LogP contribution in [0, 0.1) is 0 Å². The van der Waals surface area contributed by atoms with Crippen LogP contribution in [0.4, 0.5) is 0 Å². The van der Waals surface area contributed by atoms with Gasteiger partial charge in [-0.15, -0.1) is 5.10 Å². The van der Waals surface area contributed by atoms with Gasteiger partial charge < -0.3 is 24.1 Å². The number of carboxylic acid groups (broad SMARTS) is 1. The molecule has 0 fully saturated rings. The van der Waals surface area contributed by atoms with Crippen molar-refractivity contribution in [3.8, 4) is 28.7 Å². The summed E-state index contributed by atoms with van der Waals surface area (Å²) in [4.78, 5) is 11.1. The molecule has 0 aliphatic carbocycles. The van der Waals surface area contributed by atoms with E-state index in [1.165, 1.54) is 6.08 Å². The maximum Gasteiger partial charge on any atom is 0.328 e. The molecule has 0 amide bonds. The number of carbonyl (C=O) groups is 1. The van der Waals surface area contributed by atoms with Gasteiger partial charge in [0.15, 0.2) is 11.5 Å². The summed E-state index contributed by atoms with van der Waals surface area (Å²) >= 11 is 0. The van der Waals surface area contributed by atoms with Crippen molar-refractivity contribution in [2.75, 3.05) is 13.9 Å². The number of benzene rings is 2. The van der Waals surface area contributed by atoms with Crippen LogP contribution >= 0.6 is 0 Å². The fraction of sp³-hybridized carbons (Fsp3) is 0.240. The molecule has 0 saturated heterocycles. The van der Waals surface area contributed by atoms with Crippen LogP contribution in [0.5, 0.6) is 23.0 Å². The molecule has 2 heterocycles. The number of carboxylic acids is 1. The van der Waals surface area contributed by atoms with Crippen molar-refractivity contribution in [1.82, 2.24) is 15.0 Å². The second-order valence-corrected chi connectivity index (χ2v) is 7.80. The lowest BCUT2D eigenvalue weighted by molar-refractivity contribution is -0.131. The Hall–Kier alpha value is -4.27. The van der Waals surface area contributed by atoms with E-state index in [0.717, 1.165) is 22.9 Å². The van der Waals surface area contributed by atoms with Crippen molar-refractivity contribution in [3.63, 3.8) is 0 Å². The summed E-state index contributed by atoms with van der Waals surface area (Å²) in [6, 6.07) is 9.08. The maximum atomic E-state index is 11.1. The van der Waals surface area contributed by atoms with Crippen LogP contribution in [0.15, 0.2) is 54.3 Å². The van der Waals surface area contributed by atoms with Crippen molar-refractivity contribution in [3.05, 3.63) is 71.1 Å². The smallest absolute Gasteiger partial charge is 0.328 e. The van der Waals surface area contributed by atoms with E-state index < -0.39 is 5.97 Å². The Morgan fingerprint density at radius 3 is 2.79 bits per heavy atom. The molecular weight excluding hydrogens is 438 g/mol. The molecule has 3 aromatic rings. The van der Waals surface area contributed by atoms with Gasteiger partial charge in [0.2, 0.25) is 6.79 Å². The third kappa shape index (κ3) is 5.20. The van der Waals surface area contributed by atoms with Gasteiger partial charge in [-0.3, -0.25) is 0 Å². The van der Waals surface area contributed by atoms with Crippen molar-refractivity contribution >= 4 is 12.0 Å². The number of allylic oxidation sites excluding steroid dienone is 2. The zero-order valence-electron chi connectivity index (χ0n) is 19.1. The normalized spacial score (nSPS) is 12.1. The quantitative estimate of drug-likeness (QED) is 0.372. The molecule has 1 N–H and O–H groups in total. The van der Waals surface area contributed by atoms with E-state index in [0.29, 0.717) is 40.7 Å². The number of methoxy groups -OCH3 is 1. The van der Waals surface area contributed by atoms with Crippen molar-refractivity contribution in [1.29, 1.82) is 0 Å².